The molecule has 4 atom stereocenters. The van der Waals surface area contributed by atoms with Crippen molar-refractivity contribution < 1.29 is 19.0 Å². The molecule has 28 heavy (non-hydrogen) atoms. The zero-order valence-electron chi connectivity index (χ0n) is 16.6. The molecule has 4 unspecified atom stereocenters. The Labute approximate surface area is 166 Å². The summed E-state index contributed by atoms with van der Waals surface area (Å²) in [5.74, 6) is 0.719. The summed E-state index contributed by atoms with van der Waals surface area (Å²) in [6.45, 7) is 7.02. The van der Waals surface area contributed by atoms with E-state index in [2.05, 4.69) is 37.4 Å². The Morgan fingerprint density at radius 2 is 2.04 bits per heavy atom. The molecule has 0 aliphatic carbocycles. The number of anilines is 1. The normalized spacial score (nSPS) is 24.5. The average Bonchev–Trinajstić information content (AvgIpc) is 2.72. The Morgan fingerprint density at radius 1 is 1.21 bits per heavy atom. The lowest BCUT2D eigenvalue weighted by molar-refractivity contribution is -0.151. The van der Waals surface area contributed by atoms with E-state index in [1.165, 1.54) is 12.5 Å². The molecule has 1 N–H and O–H groups in total. The Bertz CT molecular complexity index is 865. The van der Waals surface area contributed by atoms with Crippen LogP contribution in [0.2, 0.25) is 0 Å². The molecular formula is C23H27NO4. The predicted molar refractivity (Wildman–Crippen MR) is 108 cm³/mol. The zero-order chi connectivity index (χ0) is 19.7. The van der Waals surface area contributed by atoms with Crippen LogP contribution in [-0.4, -0.2) is 25.3 Å². The molecule has 0 spiro atoms. The fraction of sp³-hybridized carbons (Fsp3) is 0.435. The number of fused-ring (bicyclic) bond motifs is 3. The first-order valence-corrected chi connectivity index (χ1v) is 9.98. The lowest BCUT2D eigenvalue weighted by atomic mass is 9.85. The molecule has 1 fully saturated rings. The molecule has 0 saturated carbocycles. The van der Waals surface area contributed by atoms with Gasteiger partial charge in [0.25, 0.3) is 0 Å². The highest BCUT2D eigenvalue weighted by Crippen LogP contribution is 2.45. The van der Waals surface area contributed by atoms with Crippen LogP contribution in [0.3, 0.4) is 0 Å². The van der Waals surface area contributed by atoms with Gasteiger partial charge < -0.3 is 19.5 Å². The summed E-state index contributed by atoms with van der Waals surface area (Å²) in [5, 5.41) is 3.63. The van der Waals surface area contributed by atoms with Gasteiger partial charge in [-0.2, -0.15) is 0 Å². The second-order valence-corrected chi connectivity index (χ2v) is 7.57. The molecule has 0 radical (unpaired) electrons. The van der Waals surface area contributed by atoms with Gasteiger partial charge >= 0.3 is 5.97 Å². The molecular weight excluding hydrogens is 354 g/mol. The Balaban J connectivity index is 1.70. The molecule has 5 nitrogen and oxygen atoms in total. The minimum atomic E-state index is -0.327. The van der Waals surface area contributed by atoms with Crippen molar-refractivity contribution in [2.24, 2.45) is 0 Å². The second kappa shape index (κ2) is 7.94. The van der Waals surface area contributed by atoms with Gasteiger partial charge in [-0.25, -0.2) is 0 Å². The molecule has 2 aliphatic rings. The second-order valence-electron chi connectivity index (χ2n) is 7.57. The first-order valence-electron chi connectivity index (χ1n) is 9.98. The van der Waals surface area contributed by atoms with Crippen LogP contribution in [0.15, 0.2) is 42.5 Å². The third kappa shape index (κ3) is 3.64. The number of nitrogens with one attached hydrogen (secondary N) is 1. The number of hydrogen-bond acceptors (Lipinski definition) is 5. The van der Waals surface area contributed by atoms with Crippen LogP contribution in [-0.2, 0) is 14.3 Å². The van der Waals surface area contributed by atoms with Gasteiger partial charge in [-0.3, -0.25) is 4.79 Å². The van der Waals surface area contributed by atoms with Crippen molar-refractivity contribution in [3.63, 3.8) is 0 Å². The smallest absolute Gasteiger partial charge is 0.308 e. The van der Waals surface area contributed by atoms with E-state index in [0.29, 0.717) is 24.9 Å². The summed E-state index contributed by atoms with van der Waals surface area (Å²) in [5.41, 5.74) is 4.57. The van der Waals surface area contributed by atoms with Gasteiger partial charge in [-0.05, 0) is 41.7 Å². The number of benzene rings is 2. The van der Waals surface area contributed by atoms with Gasteiger partial charge in [0.05, 0.1) is 19.3 Å². The first-order chi connectivity index (χ1) is 13.6. The van der Waals surface area contributed by atoms with E-state index < -0.39 is 0 Å². The van der Waals surface area contributed by atoms with Crippen LogP contribution in [0.5, 0.6) is 5.75 Å². The SMILES string of the molecule is CCC(C)c1ccc2c(c1)C1OCCOC1C(c1cccc(OC(C)=O)c1)N2. The van der Waals surface area contributed by atoms with Crippen LogP contribution in [0.25, 0.3) is 0 Å². The Morgan fingerprint density at radius 3 is 2.82 bits per heavy atom. The van der Waals surface area contributed by atoms with Crippen LogP contribution >= 0.6 is 0 Å². The standard InChI is InChI=1S/C23H27NO4/c1-4-14(2)16-8-9-20-19(13-16)22-23(27-11-10-26-22)21(24-20)17-6-5-7-18(12-17)28-15(3)25/h5-9,12-14,21-24H,4,10-11H2,1-3H3. The lowest BCUT2D eigenvalue weighted by Crippen LogP contribution is -2.43. The zero-order valence-corrected chi connectivity index (χ0v) is 16.6. The van der Waals surface area contributed by atoms with Gasteiger partial charge in [0.15, 0.2) is 0 Å². The number of rotatable bonds is 4. The molecule has 2 aromatic carbocycles. The van der Waals surface area contributed by atoms with E-state index in [4.69, 9.17) is 14.2 Å². The van der Waals surface area contributed by atoms with E-state index >= 15 is 0 Å². The summed E-state index contributed by atoms with van der Waals surface area (Å²) in [6.07, 6.45) is 0.848. The molecule has 2 aromatic rings. The number of esters is 1. The third-order valence-corrected chi connectivity index (χ3v) is 5.67. The molecule has 148 valence electrons. The van der Waals surface area contributed by atoms with E-state index in [1.807, 2.05) is 18.2 Å². The van der Waals surface area contributed by atoms with Gasteiger partial charge in [-0.1, -0.05) is 38.1 Å². The maximum atomic E-state index is 11.3. The molecule has 0 amide bonds. The predicted octanol–water partition coefficient (Wildman–Crippen LogP) is 4.75. The quantitative estimate of drug-likeness (QED) is 0.612. The average molecular weight is 381 g/mol. The van der Waals surface area contributed by atoms with Crippen LogP contribution in [0, 0.1) is 0 Å². The van der Waals surface area contributed by atoms with Crippen molar-refractivity contribution in [2.45, 2.75) is 51.4 Å². The van der Waals surface area contributed by atoms with Crippen molar-refractivity contribution in [3.8, 4) is 5.75 Å². The number of carbonyl (C=O) groups excluding carboxylic acids is 1. The summed E-state index contributed by atoms with van der Waals surface area (Å²) < 4.78 is 17.6. The van der Waals surface area contributed by atoms with Crippen molar-refractivity contribution in [1.29, 1.82) is 0 Å². The van der Waals surface area contributed by atoms with E-state index in [9.17, 15) is 4.79 Å². The summed E-state index contributed by atoms with van der Waals surface area (Å²) in [7, 11) is 0. The van der Waals surface area contributed by atoms with Gasteiger partial charge in [0.1, 0.15) is 18.0 Å². The minimum Gasteiger partial charge on any atom is -0.427 e. The molecule has 0 aromatic heterocycles. The fourth-order valence-electron chi connectivity index (χ4n) is 4.03. The fourth-order valence-corrected chi connectivity index (χ4v) is 4.03. The van der Waals surface area contributed by atoms with Crippen molar-refractivity contribution in [1.82, 2.24) is 0 Å². The Hall–Kier alpha value is -2.37. The number of hydrogen-bond donors (Lipinski definition) is 1. The largest absolute Gasteiger partial charge is 0.427 e. The highest BCUT2D eigenvalue weighted by atomic mass is 16.6. The summed E-state index contributed by atoms with van der Waals surface area (Å²) in [4.78, 5) is 11.3. The molecule has 2 heterocycles. The lowest BCUT2D eigenvalue weighted by Gasteiger charge is -2.43. The van der Waals surface area contributed by atoms with Crippen molar-refractivity contribution >= 4 is 11.7 Å². The highest BCUT2D eigenvalue weighted by molar-refractivity contribution is 5.69. The van der Waals surface area contributed by atoms with E-state index in [-0.39, 0.29) is 24.2 Å². The number of carbonyl (C=O) groups is 1. The monoisotopic (exact) mass is 381 g/mol. The molecule has 5 heteroatoms. The summed E-state index contributed by atoms with van der Waals surface area (Å²) in [6, 6.07) is 14.1. The molecule has 0 bridgehead atoms. The minimum absolute atomic E-state index is 0.0808. The molecule has 2 aliphatic heterocycles. The first kappa shape index (κ1) is 19.0. The molecule has 4 rings (SSSR count). The number of ether oxygens (including phenoxy) is 3. The maximum absolute atomic E-state index is 11.3. The van der Waals surface area contributed by atoms with Crippen LogP contribution < -0.4 is 10.1 Å². The highest BCUT2D eigenvalue weighted by Gasteiger charge is 2.41. The van der Waals surface area contributed by atoms with Crippen LogP contribution in [0.4, 0.5) is 5.69 Å². The maximum Gasteiger partial charge on any atom is 0.308 e. The van der Waals surface area contributed by atoms with Crippen LogP contribution in [0.1, 0.15) is 61.9 Å². The van der Waals surface area contributed by atoms with Gasteiger partial charge in [0, 0.05) is 18.2 Å². The topological polar surface area (TPSA) is 56.8 Å². The Kier molecular flexibility index (Phi) is 5.38. The van der Waals surface area contributed by atoms with E-state index in [0.717, 1.165) is 23.2 Å². The van der Waals surface area contributed by atoms with E-state index in [1.54, 1.807) is 6.07 Å². The van der Waals surface area contributed by atoms with Crippen molar-refractivity contribution in [2.75, 3.05) is 18.5 Å². The third-order valence-electron chi connectivity index (χ3n) is 5.67. The van der Waals surface area contributed by atoms with Crippen molar-refractivity contribution in [3.05, 3.63) is 59.2 Å². The molecule has 1 saturated heterocycles. The summed E-state index contributed by atoms with van der Waals surface area (Å²) >= 11 is 0. The van der Waals surface area contributed by atoms with Gasteiger partial charge in [-0.15, -0.1) is 0 Å². The van der Waals surface area contributed by atoms with Gasteiger partial charge in [0.2, 0.25) is 0 Å².